The maximum Gasteiger partial charge on any atom is 0 e. The van der Waals surface area contributed by atoms with Crippen molar-refractivity contribution >= 4 is 0 Å². The number of hydrogen-bond donors (Lipinski definition) is 0. The van der Waals surface area contributed by atoms with E-state index in [2.05, 4.69) is 0 Å². The van der Waals surface area contributed by atoms with Crippen LogP contribution in [0.4, 0.5) is 0 Å². The van der Waals surface area contributed by atoms with Gasteiger partial charge in [-0.2, -0.15) is 0 Å². The van der Waals surface area contributed by atoms with Crippen molar-refractivity contribution in [2.24, 2.45) is 0 Å². The summed E-state index contributed by atoms with van der Waals surface area (Å²) in [6.45, 7) is 0. The van der Waals surface area contributed by atoms with Crippen LogP contribution >= 0.6 is 0 Å². The zero-order valence-corrected chi connectivity index (χ0v) is 11.9. The normalized spacial score (nSPS) is 0. The van der Waals surface area contributed by atoms with E-state index in [0.29, 0.717) is 0 Å². The number of rotatable bonds is 0. The van der Waals surface area contributed by atoms with Crippen molar-refractivity contribution in [3.63, 3.8) is 0 Å². The van der Waals surface area contributed by atoms with Crippen LogP contribution in [0.5, 0.6) is 0 Å². The van der Waals surface area contributed by atoms with Crippen LogP contribution in [-0.2, 0) is 90.7 Å². The Balaban J connectivity index is 0. The first-order chi connectivity index (χ1) is 0. The molecule has 0 fully saturated rings. The molecule has 5 radical (unpaired) electrons. The van der Waals surface area contributed by atoms with Gasteiger partial charge < -0.3 is 0 Å². The average molecular weight is 476 g/mol. The summed E-state index contributed by atoms with van der Waals surface area (Å²) < 4.78 is 0. The molecule has 0 nitrogen and oxygen atoms in total. The predicted octanol–water partition coefficient (Wildman–Crippen LogP) is 0.0713. The van der Waals surface area contributed by atoms with Gasteiger partial charge in [-0.15, -0.1) is 0 Å². The molecule has 0 bridgehead atoms. The third kappa shape index (κ3) is 19.4. The van der Waals surface area contributed by atoms with Gasteiger partial charge in [-0.05, 0) is 0 Å². The fourth-order valence-corrected chi connectivity index (χ4v) is 0. The largest absolute Gasteiger partial charge is 0 e. The molecule has 0 rings (SSSR count). The van der Waals surface area contributed by atoms with Crippen molar-refractivity contribution in [3.8, 4) is 0 Å². The molecule has 0 N–H and O–H groups in total. The third-order valence-corrected chi connectivity index (χ3v) is 0. The quantitative estimate of drug-likeness (QED) is 0.435. The first-order valence-corrected chi connectivity index (χ1v) is 0. The van der Waals surface area contributed by atoms with E-state index in [0.717, 1.165) is 0 Å². The Morgan fingerprint density at radius 3 is 1.00 bits per heavy atom. The van der Waals surface area contributed by atoms with E-state index in [1.165, 1.54) is 0 Å². The van der Waals surface area contributed by atoms with Crippen LogP contribution in [0.2, 0.25) is 0 Å². The maximum absolute atomic E-state index is 0. The fraction of sp³-hybridized carbons (Fsp3) is 0. The first-order valence-electron chi connectivity index (χ1n) is 0. The molecule has 0 unspecified atom stereocenters. The van der Waals surface area contributed by atoms with Crippen molar-refractivity contribution in [2.75, 3.05) is 0 Å². The van der Waals surface area contributed by atoms with Crippen LogP contribution in [0.15, 0.2) is 0 Å². The van der Waals surface area contributed by atoms with Crippen molar-refractivity contribution in [2.45, 2.75) is 0 Å². The Kier molecular flexibility index (Phi) is 244. The van der Waals surface area contributed by atoms with Gasteiger partial charge in [-0.3, -0.25) is 0 Å². The molecule has 0 aliphatic rings. The van der Waals surface area contributed by atoms with E-state index in [-0.39, 0.29) is 98.1 Å². The SMILES string of the molecule is [C].[Mo].[Nb].[W].[Zr]. The summed E-state index contributed by atoms with van der Waals surface area (Å²) in [5, 5.41) is 0. The minimum absolute atomic E-state index is 0. The van der Waals surface area contributed by atoms with E-state index < -0.39 is 0 Å². The molecule has 0 saturated carbocycles. The molecule has 0 aromatic rings. The van der Waals surface area contributed by atoms with Crippen molar-refractivity contribution < 1.29 is 90.7 Å². The molecule has 0 spiro atoms. The zero-order chi connectivity index (χ0) is 0. The van der Waals surface area contributed by atoms with E-state index in [1.807, 2.05) is 0 Å². The minimum atomic E-state index is 0. The van der Waals surface area contributed by atoms with Gasteiger partial charge in [-0.1, -0.05) is 0 Å². The van der Waals surface area contributed by atoms with E-state index >= 15 is 0 Å². The molecule has 0 atom stereocenters. The summed E-state index contributed by atoms with van der Waals surface area (Å²) in [6, 6.07) is 0. The monoisotopic (exact) mass is 477 g/mol. The first kappa shape index (κ1) is 43.6. The minimum Gasteiger partial charge on any atom is 0 e. The molecular formula is CMoNbWZr. The van der Waals surface area contributed by atoms with Gasteiger partial charge in [0.25, 0.3) is 0 Å². The van der Waals surface area contributed by atoms with Gasteiger partial charge >= 0.3 is 0 Å². The standard InChI is InChI=1S/C.Mo.Nb.W.Zr. The summed E-state index contributed by atoms with van der Waals surface area (Å²) in [5.74, 6) is 0. The second-order valence-corrected chi connectivity index (χ2v) is 0. The average Bonchev–Trinajstić information content (AvgIpc) is 0. The molecule has 0 aromatic carbocycles. The van der Waals surface area contributed by atoms with Gasteiger partial charge in [0.05, 0.1) is 0 Å². The van der Waals surface area contributed by atoms with Crippen molar-refractivity contribution in [1.82, 2.24) is 0 Å². The van der Waals surface area contributed by atoms with E-state index in [9.17, 15) is 0 Å². The van der Waals surface area contributed by atoms with Crippen LogP contribution < -0.4 is 0 Å². The molecular weight excluding hydrogens is 476 g/mol. The van der Waals surface area contributed by atoms with Gasteiger partial charge in [0.15, 0.2) is 0 Å². The Bertz CT molecular complexity index is 11.6. The van der Waals surface area contributed by atoms with Crippen LogP contribution in [0, 0.1) is 7.43 Å². The predicted molar refractivity (Wildman–Crippen MR) is 3.24 cm³/mol. The Hall–Kier alpha value is 3.00. The second kappa shape index (κ2) is 28.0. The molecule has 4 heteroatoms. The van der Waals surface area contributed by atoms with Gasteiger partial charge in [0, 0.05) is 98.1 Å². The van der Waals surface area contributed by atoms with Crippen LogP contribution in [0.25, 0.3) is 0 Å². The second-order valence-electron chi connectivity index (χ2n) is 0. The fourth-order valence-electron chi connectivity index (χ4n) is 0. The van der Waals surface area contributed by atoms with Crippen LogP contribution in [0.1, 0.15) is 0 Å². The molecule has 0 aliphatic heterocycles. The van der Waals surface area contributed by atoms with Crippen molar-refractivity contribution in [1.29, 1.82) is 0 Å². The van der Waals surface area contributed by atoms with Crippen molar-refractivity contribution in [3.05, 3.63) is 7.43 Å². The molecule has 0 aliphatic carbocycles. The zero-order valence-electron chi connectivity index (χ0n) is 2.26. The summed E-state index contributed by atoms with van der Waals surface area (Å²) >= 11 is 0. The third-order valence-electron chi connectivity index (χ3n) is 0. The molecule has 0 heterocycles. The smallest absolute Gasteiger partial charge is 0 e. The molecule has 25 valence electrons. The van der Waals surface area contributed by atoms with E-state index in [4.69, 9.17) is 0 Å². The summed E-state index contributed by atoms with van der Waals surface area (Å²) in [6.07, 6.45) is 0. The van der Waals surface area contributed by atoms with Gasteiger partial charge in [-0.25, -0.2) is 0 Å². The number of hydrogen-bond acceptors (Lipinski definition) is 0. The van der Waals surface area contributed by atoms with Gasteiger partial charge in [0.1, 0.15) is 0 Å². The summed E-state index contributed by atoms with van der Waals surface area (Å²) in [7, 11) is 0. The molecule has 0 aromatic heterocycles. The molecule has 0 amide bonds. The van der Waals surface area contributed by atoms with Gasteiger partial charge in [0.2, 0.25) is 0 Å². The summed E-state index contributed by atoms with van der Waals surface area (Å²) in [4.78, 5) is 0. The topological polar surface area (TPSA) is 0 Å². The van der Waals surface area contributed by atoms with Crippen LogP contribution in [0.3, 0.4) is 0 Å². The molecule has 5 heavy (non-hydrogen) atoms. The Morgan fingerprint density at radius 1 is 1.00 bits per heavy atom. The Labute approximate surface area is 96.4 Å². The maximum atomic E-state index is 0. The Morgan fingerprint density at radius 2 is 1.00 bits per heavy atom. The van der Waals surface area contributed by atoms with Crippen LogP contribution in [-0.4, -0.2) is 0 Å². The summed E-state index contributed by atoms with van der Waals surface area (Å²) in [5.41, 5.74) is 0. The molecule has 0 saturated heterocycles. The van der Waals surface area contributed by atoms with E-state index in [1.54, 1.807) is 0 Å².